The van der Waals surface area contributed by atoms with Crippen LogP contribution in [0.15, 0.2) is 47.6 Å². The lowest BCUT2D eigenvalue weighted by Gasteiger charge is -2.10. The molecule has 9 heteroatoms. The first kappa shape index (κ1) is 22.8. The molecule has 0 aliphatic carbocycles. The summed E-state index contributed by atoms with van der Waals surface area (Å²) in [6.45, 7) is 6.39. The molecule has 3 aromatic rings. The molecule has 3 rings (SSSR count). The van der Waals surface area contributed by atoms with Gasteiger partial charge in [-0.1, -0.05) is 47.6 Å². The summed E-state index contributed by atoms with van der Waals surface area (Å²) in [7, 11) is 0. The van der Waals surface area contributed by atoms with Crippen LogP contribution in [0.3, 0.4) is 0 Å². The monoisotopic (exact) mass is 457 g/mol. The average Bonchev–Trinajstić information content (AvgIpc) is 3.12. The van der Waals surface area contributed by atoms with E-state index in [0.29, 0.717) is 28.2 Å². The largest absolute Gasteiger partial charge is 0.325 e. The Labute approximate surface area is 190 Å². The van der Waals surface area contributed by atoms with Gasteiger partial charge in [0.25, 0.3) is 0 Å². The third kappa shape index (κ3) is 6.08. The molecule has 0 fully saturated rings. The first-order valence-corrected chi connectivity index (χ1v) is 11.2. The third-order valence-corrected chi connectivity index (χ3v) is 6.01. The van der Waals surface area contributed by atoms with Crippen molar-refractivity contribution >= 4 is 46.6 Å². The number of aryl methyl sites for hydroxylation is 2. The Bertz CT molecular complexity index is 1100. The van der Waals surface area contributed by atoms with Gasteiger partial charge < -0.3 is 15.2 Å². The molecule has 0 aliphatic heterocycles. The maximum absolute atomic E-state index is 12.5. The van der Waals surface area contributed by atoms with E-state index in [1.165, 1.54) is 11.8 Å². The van der Waals surface area contributed by atoms with Crippen LogP contribution in [-0.2, 0) is 22.6 Å². The van der Waals surface area contributed by atoms with Crippen molar-refractivity contribution in [2.45, 2.75) is 38.9 Å². The number of anilines is 2. The molecule has 7 nitrogen and oxygen atoms in total. The molecule has 0 bridgehead atoms. The van der Waals surface area contributed by atoms with Crippen LogP contribution in [0.1, 0.15) is 23.9 Å². The highest BCUT2D eigenvalue weighted by Crippen LogP contribution is 2.22. The van der Waals surface area contributed by atoms with Gasteiger partial charge in [-0.2, -0.15) is 0 Å². The summed E-state index contributed by atoms with van der Waals surface area (Å²) in [5.41, 5.74) is 3.36. The van der Waals surface area contributed by atoms with Crippen molar-refractivity contribution in [2.75, 3.05) is 16.4 Å². The molecule has 0 saturated heterocycles. The predicted molar refractivity (Wildman–Crippen MR) is 125 cm³/mol. The number of nitrogens with zero attached hydrogens (tertiary/aromatic N) is 3. The van der Waals surface area contributed by atoms with Crippen LogP contribution in [0.2, 0.25) is 5.02 Å². The van der Waals surface area contributed by atoms with Crippen LogP contribution in [0.25, 0.3) is 0 Å². The molecule has 1 aromatic heterocycles. The van der Waals surface area contributed by atoms with Gasteiger partial charge in [0.05, 0.1) is 12.2 Å². The fraction of sp³-hybridized carbons (Fsp3) is 0.273. The van der Waals surface area contributed by atoms with E-state index in [0.717, 1.165) is 16.8 Å². The van der Waals surface area contributed by atoms with E-state index >= 15 is 0 Å². The third-order valence-electron chi connectivity index (χ3n) is 4.64. The Balaban J connectivity index is 1.59. The van der Waals surface area contributed by atoms with Crippen LogP contribution in [0.4, 0.5) is 11.4 Å². The minimum absolute atomic E-state index is 0.101. The van der Waals surface area contributed by atoms with Gasteiger partial charge in [-0.15, -0.1) is 10.2 Å². The Morgan fingerprint density at radius 3 is 2.52 bits per heavy atom. The maximum Gasteiger partial charge on any atom is 0.234 e. The maximum atomic E-state index is 12.5. The van der Waals surface area contributed by atoms with Gasteiger partial charge in [-0.05, 0) is 50.1 Å². The van der Waals surface area contributed by atoms with Crippen LogP contribution in [-0.4, -0.2) is 32.3 Å². The second-order valence-electron chi connectivity index (χ2n) is 6.98. The smallest absolute Gasteiger partial charge is 0.234 e. The number of hydrogen-bond acceptors (Lipinski definition) is 5. The lowest BCUT2D eigenvalue weighted by molar-refractivity contribution is -0.116. The van der Waals surface area contributed by atoms with Crippen molar-refractivity contribution in [2.24, 2.45) is 0 Å². The van der Waals surface area contributed by atoms with Crippen molar-refractivity contribution in [3.8, 4) is 0 Å². The van der Waals surface area contributed by atoms with E-state index < -0.39 is 0 Å². The van der Waals surface area contributed by atoms with Gasteiger partial charge in [-0.25, -0.2) is 0 Å². The van der Waals surface area contributed by atoms with Gasteiger partial charge in [0.2, 0.25) is 11.8 Å². The second-order valence-corrected chi connectivity index (χ2v) is 8.33. The second kappa shape index (κ2) is 10.5. The number of thioether (sulfide) groups is 1. The number of benzene rings is 2. The zero-order chi connectivity index (χ0) is 22.4. The Morgan fingerprint density at radius 1 is 1.03 bits per heavy atom. The molecule has 162 valence electrons. The minimum atomic E-state index is -0.172. The molecule has 0 radical (unpaired) electrons. The molecule has 0 aliphatic rings. The summed E-state index contributed by atoms with van der Waals surface area (Å²) in [4.78, 5) is 24.8. The predicted octanol–water partition coefficient (Wildman–Crippen LogP) is 4.48. The fourth-order valence-corrected chi connectivity index (χ4v) is 3.92. The van der Waals surface area contributed by atoms with Gasteiger partial charge in [0.15, 0.2) is 5.16 Å². The number of halogens is 1. The topological polar surface area (TPSA) is 88.9 Å². The van der Waals surface area contributed by atoms with E-state index in [1.807, 2.05) is 61.7 Å². The molecule has 1 heterocycles. The van der Waals surface area contributed by atoms with Crippen molar-refractivity contribution in [1.82, 2.24) is 14.8 Å². The quantitative estimate of drug-likeness (QED) is 0.487. The minimum Gasteiger partial charge on any atom is -0.325 e. The highest BCUT2D eigenvalue weighted by Gasteiger charge is 2.16. The van der Waals surface area contributed by atoms with Crippen LogP contribution in [0.5, 0.6) is 0 Å². The number of carbonyl (C=O) groups is 2. The SMILES string of the molecule is CCn1c(CC(=O)Nc2ccccc2C)nnc1SCC(=O)Nc1ccc(C)c(Cl)c1. The van der Waals surface area contributed by atoms with Gasteiger partial charge in [-0.3, -0.25) is 9.59 Å². The number of hydrogen-bond donors (Lipinski definition) is 2. The summed E-state index contributed by atoms with van der Waals surface area (Å²) in [5, 5.41) is 15.2. The average molecular weight is 458 g/mol. The highest BCUT2D eigenvalue weighted by atomic mass is 35.5. The Kier molecular flexibility index (Phi) is 7.70. The summed E-state index contributed by atoms with van der Waals surface area (Å²) in [6, 6.07) is 13.0. The van der Waals surface area contributed by atoms with Gasteiger partial charge in [0, 0.05) is 22.9 Å². The van der Waals surface area contributed by atoms with Crippen molar-refractivity contribution in [3.63, 3.8) is 0 Å². The lowest BCUT2D eigenvalue weighted by Crippen LogP contribution is -2.18. The molecule has 0 unspecified atom stereocenters. The number of nitrogens with one attached hydrogen (secondary N) is 2. The molecule has 0 atom stereocenters. The van der Waals surface area contributed by atoms with E-state index in [2.05, 4.69) is 20.8 Å². The number of carbonyl (C=O) groups excluding carboxylic acids is 2. The Morgan fingerprint density at radius 2 is 1.81 bits per heavy atom. The molecule has 2 aromatic carbocycles. The fourth-order valence-electron chi connectivity index (χ4n) is 2.92. The van der Waals surface area contributed by atoms with E-state index in [9.17, 15) is 9.59 Å². The zero-order valence-corrected chi connectivity index (χ0v) is 19.2. The van der Waals surface area contributed by atoms with E-state index in [4.69, 9.17) is 11.6 Å². The summed E-state index contributed by atoms with van der Waals surface area (Å²) < 4.78 is 1.85. The lowest BCUT2D eigenvalue weighted by atomic mass is 10.2. The Hall–Kier alpha value is -2.84. The van der Waals surface area contributed by atoms with Crippen LogP contribution >= 0.6 is 23.4 Å². The molecule has 31 heavy (non-hydrogen) atoms. The standard InChI is InChI=1S/C22H24ClN5O2S/c1-4-28-19(12-20(29)25-18-8-6-5-7-15(18)3)26-27-22(28)31-13-21(30)24-16-10-9-14(2)17(23)11-16/h5-11H,4,12-13H2,1-3H3,(H,24,30)(H,25,29). The van der Waals surface area contributed by atoms with Crippen LogP contribution < -0.4 is 10.6 Å². The van der Waals surface area contributed by atoms with Crippen LogP contribution in [0, 0.1) is 13.8 Å². The van der Waals surface area contributed by atoms with Gasteiger partial charge >= 0.3 is 0 Å². The van der Waals surface area contributed by atoms with Gasteiger partial charge in [0.1, 0.15) is 5.82 Å². The molecule has 2 N–H and O–H groups in total. The summed E-state index contributed by atoms with van der Waals surface area (Å²) >= 11 is 7.38. The van der Waals surface area contributed by atoms with E-state index in [1.54, 1.807) is 6.07 Å². The number of amides is 2. The first-order chi connectivity index (χ1) is 14.9. The molecule has 2 amide bonds. The number of aromatic nitrogens is 3. The molecular weight excluding hydrogens is 434 g/mol. The number of para-hydroxylation sites is 1. The van der Waals surface area contributed by atoms with Crippen molar-refractivity contribution < 1.29 is 9.59 Å². The molecule has 0 spiro atoms. The number of rotatable bonds is 8. The highest BCUT2D eigenvalue weighted by molar-refractivity contribution is 7.99. The summed E-state index contributed by atoms with van der Waals surface area (Å²) in [6.07, 6.45) is 0.101. The molecular formula is C22H24ClN5O2S. The first-order valence-electron chi connectivity index (χ1n) is 9.83. The van der Waals surface area contributed by atoms with Crippen molar-refractivity contribution in [1.29, 1.82) is 0 Å². The van der Waals surface area contributed by atoms with Crippen molar-refractivity contribution in [3.05, 3.63) is 64.4 Å². The summed E-state index contributed by atoms with van der Waals surface area (Å²) in [5.74, 6) is 0.386. The normalized spacial score (nSPS) is 10.7. The zero-order valence-electron chi connectivity index (χ0n) is 17.6. The molecule has 0 saturated carbocycles. The van der Waals surface area contributed by atoms with E-state index in [-0.39, 0.29) is 24.0 Å².